The van der Waals surface area contributed by atoms with E-state index in [2.05, 4.69) is 43.5 Å². The Balaban J connectivity index is 1.51. The molecule has 7 nitrogen and oxygen atoms in total. The fourth-order valence-electron chi connectivity index (χ4n) is 3.38. The van der Waals surface area contributed by atoms with Crippen molar-refractivity contribution in [3.63, 3.8) is 0 Å². The van der Waals surface area contributed by atoms with Crippen LogP contribution >= 0.6 is 0 Å². The van der Waals surface area contributed by atoms with Crippen molar-refractivity contribution in [3.05, 3.63) is 49.4 Å². The second-order valence-corrected chi connectivity index (χ2v) is 6.75. The normalized spacial score (nSPS) is 17.0. The summed E-state index contributed by atoms with van der Waals surface area (Å²) in [6.45, 7) is 6.39. The van der Waals surface area contributed by atoms with Gasteiger partial charge in [0.2, 0.25) is 5.95 Å². The molecule has 27 heavy (non-hydrogen) atoms. The largest absolute Gasteiger partial charge is 0.382 e. The van der Waals surface area contributed by atoms with Gasteiger partial charge in [-0.1, -0.05) is 12.5 Å². The topological polar surface area (TPSA) is 79.7 Å². The third-order valence-corrected chi connectivity index (χ3v) is 4.80. The Morgan fingerprint density at radius 1 is 1.22 bits per heavy atom. The predicted octanol–water partition coefficient (Wildman–Crippen LogP) is 2.97. The molecule has 0 bridgehead atoms. The highest BCUT2D eigenvalue weighted by atomic mass is 15.2. The third kappa shape index (κ3) is 4.09. The average Bonchev–Trinajstić information content (AvgIpc) is 3.15. The number of piperidine rings is 1. The standard InChI is InChI=1S/C20H25N7/c1-2-9-21-15-6-7-18-17(12-15)25-14-27(18)19-8-11-23-20(26-19)24-13-16-5-3-4-10-22-16/h2,6-8,11-12,14,16,21-22H,1,3-5,9-10,13H2,(H,23,24,26). The van der Waals surface area contributed by atoms with Crippen molar-refractivity contribution < 1.29 is 0 Å². The van der Waals surface area contributed by atoms with Gasteiger partial charge in [0.15, 0.2) is 0 Å². The van der Waals surface area contributed by atoms with Crippen LogP contribution in [0, 0.1) is 0 Å². The molecule has 1 atom stereocenters. The SMILES string of the molecule is C=CCNc1ccc2c(c1)ncn2-c1ccnc(NCC2CCCCN2)n1. The van der Waals surface area contributed by atoms with Crippen LogP contribution in [0.15, 0.2) is 49.4 Å². The van der Waals surface area contributed by atoms with Crippen molar-refractivity contribution in [3.8, 4) is 5.82 Å². The number of aromatic nitrogens is 4. The molecule has 0 saturated carbocycles. The van der Waals surface area contributed by atoms with Crippen LogP contribution in [0.4, 0.5) is 11.6 Å². The lowest BCUT2D eigenvalue weighted by Gasteiger charge is -2.23. The molecule has 1 fully saturated rings. The summed E-state index contributed by atoms with van der Waals surface area (Å²) in [5.41, 5.74) is 2.96. The van der Waals surface area contributed by atoms with E-state index >= 15 is 0 Å². The van der Waals surface area contributed by atoms with E-state index in [1.807, 2.05) is 28.8 Å². The fraction of sp³-hybridized carbons (Fsp3) is 0.350. The maximum atomic E-state index is 4.67. The zero-order chi connectivity index (χ0) is 18.5. The molecule has 1 unspecified atom stereocenters. The number of nitrogens with zero attached hydrogens (tertiary/aromatic N) is 4. The lowest BCUT2D eigenvalue weighted by Crippen LogP contribution is -2.39. The summed E-state index contributed by atoms with van der Waals surface area (Å²) in [5, 5.41) is 10.2. The Morgan fingerprint density at radius 2 is 2.19 bits per heavy atom. The number of imidazole rings is 1. The highest BCUT2D eigenvalue weighted by molar-refractivity contribution is 5.81. The number of anilines is 2. The maximum absolute atomic E-state index is 4.67. The molecule has 1 aliphatic rings. The highest BCUT2D eigenvalue weighted by Crippen LogP contribution is 2.21. The fourth-order valence-corrected chi connectivity index (χ4v) is 3.38. The van der Waals surface area contributed by atoms with Gasteiger partial charge in [0.1, 0.15) is 12.1 Å². The number of hydrogen-bond acceptors (Lipinski definition) is 6. The Morgan fingerprint density at radius 3 is 3.04 bits per heavy atom. The van der Waals surface area contributed by atoms with E-state index in [1.54, 1.807) is 12.5 Å². The molecule has 0 aliphatic carbocycles. The molecule has 2 aromatic heterocycles. The Labute approximate surface area is 158 Å². The molecule has 0 spiro atoms. The molecule has 1 aliphatic heterocycles. The third-order valence-electron chi connectivity index (χ3n) is 4.80. The first kappa shape index (κ1) is 17.5. The van der Waals surface area contributed by atoms with Crippen molar-refractivity contribution in [2.24, 2.45) is 0 Å². The summed E-state index contributed by atoms with van der Waals surface area (Å²) in [7, 11) is 0. The van der Waals surface area contributed by atoms with E-state index in [0.29, 0.717) is 12.0 Å². The lowest BCUT2D eigenvalue weighted by molar-refractivity contribution is 0.413. The van der Waals surface area contributed by atoms with Gasteiger partial charge in [-0.3, -0.25) is 4.57 Å². The summed E-state index contributed by atoms with van der Waals surface area (Å²) >= 11 is 0. The van der Waals surface area contributed by atoms with Crippen molar-refractivity contribution in [1.82, 2.24) is 24.8 Å². The van der Waals surface area contributed by atoms with Crippen LogP contribution in [0.1, 0.15) is 19.3 Å². The molecule has 1 saturated heterocycles. The summed E-state index contributed by atoms with van der Waals surface area (Å²) < 4.78 is 1.98. The van der Waals surface area contributed by atoms with Crippen molar-refractivity contribution >= 4 is 22.7 Å². The smallest absolute Gasteiger partial charge is 0.224 e. The van der Waals surface area contributed by atoms with E-state index < -0.39 is 0 Å². The Kier molecular flexibility index (Phi) is 5.29. The van der Waals surface area contributed by atoms with Crippen LogP contribution in [-0.2, 0) is 0 Å². The lowest BCUT2D eigenvalue weighted by atomic mass is 10.1. The van der Waals surface area contributed by atoms with Crippen LogP contribution < -0.4 is 16.0 Å². The minimum Gasteiger partial charge on any atom is -0.382 e. The zero-order valence-electron chi connectivity index (χ0n) is 15.4. The van der Waals surface area contributed by atoms with E-state index in [0.717, 1.165) is 42.2 Å². The first-order chi connectivity index (χ1) is 13.3. The molecule has 3 heterocycles. The first-order valence-electron chi connectivity index (χ1n) is 9.46. The molecule has 0 amide bonds. The molecule has 7 heteroatoms. The van der Waals surface area contributed by atoms with Gasteiger partial charge in [-0.15, -0.1) is 6.58 Å². The van der Waals surface area contributed by atoms with Crippen LogP contribution in [0.5, 0.6) is 0 Å². The summed E-state index contributed by atoms with van der Waals surface area (Å²) in [5.74, 6) is 1.45. The number of fused-ring (bicyclic) bond motifs is 1. The van der Waals surface area contributed by atoms with Crippen LogP contribution in [0.3, 0.4) is 0 Å². The minimum absolute atomic E-state index is 0.488. The predicted molar refractivity (Wildman–Crippen MR) is 109 cm³/mol. The van der Waals surface area contributed by atoms with Gasteiger partial charge < -0.3 is 16.0 Å². The number of benzene rings is 1. The molecule has 3 N–H and O–H groups in total. The minimum atomic E-state index is 0.488. The number of nitrogens with one attached hydrogen (secondary N) is 3. The number of rotatable bonds is 7. The number of hydrogen-bond donors (Lipinski definition) is 3. The molecule has 1 aromatic carbocycles. The Bertz CT molecular complexity index is 912. The summed E-state index contributed by atoms with van der Waals surface area (Å²) in [6.07, 6.45) is 9.16. The Hall–Kier alpha value is -2.93. The van der Waals surface area contributed by atoms with Crippen LogP contribution in [-0.4, -0.2) is 45.2 Å². The van der Waals surface area contributed by atoms with Crippen molar-refractivity contribution in [2.75, 3.05) is 30.3 Å². The van der Waals surface area contributed by atoms with Gasteiger partial charge in [-0.25, -0.2) is 9.97 Å². The molecular formula is C20H25N7. The quantitative estimate of drug-likeness (QED) is 0.560. The highest BCUT2D eigenvalue weighted by Gasteiger charge is 2.13. The molecule has 0 radical (unpaired) electrons. The van der Waals surface area contributed by atoms with E-state index in [9.17, 15) is 0 Å². The van der Waals surface area contributed by atoms with E-state index in [1.165, 1.54) is 19.3 Å². The van der Waals surface area contributed by atoms with Gasteiger partial charge in [-0.2, -0.15) is 4.98 Å². The van der Waals surface area contributed by atoms with Crippen molar-refractivity contribution in [1.29, 1.82) is 0 Å². The summed E-state index contributed by atoms with van der Waals surface area (Å²) in [4.78, 5) is 13.5. The molecular weight excluding hydrogens is 338 g/mol. The second kappa shape index (κ2) is 8.18. The molecule has 140 valence electrons. The molecule has 4 rings (SSSR count). The van der Waals surface area contributed by atoms with Crippen molar-refractivity contribution in [2.45, 2.75) is 25.3 Å². The summed E-state index contributed by atoms with van der Waals surface area (Å²) in [6, 6.07) is 8.51. The van der Waals surface area contributed by atoms with Gasteiger partial charge in [0, 0.05) is 31.0 Å². The molecule has 3 aromatic rings. The van der Waals surface area contributed by atoms with Gasteiger partial charge in [0.05, 0.1) is 11.0 Å². The van der Waals surface area contributed by atoms with E-state index in [-0.39, 0.29) is 0 Å². The van der Waals surface area contributed by atoms with Crippen LogP contribution in [0.25, 0.3) is 16.9 Å². The first-order valence-corrected chi connectivity index (χ1v) is 9.46. The van der Waals surface area contributed by atoms with E-state index in [4.69, 9.17) is 0 Å². The average molecular weight is 363 g/mol. The zero-order valence-corrected chi connectivity index (χ0v) is 15.4. The van der Waals surface area contributed by atoms with Gasteiger partial charge in [0.25, 0.3) is 0 Å². The second-order valence-electron chi connectivity index (χ2n) is 6.75. The van der Waals surface area contributed by atoms with Gasteiger partial charge in [-0.05, 0) is 43.7 Å². The monoisotopic (exact) mass is 363 g/mol. The van der Waals surface area contributed by atoms with Crippen LogP contribution in [0.2, 0.25) is 0 Å². The van der Waals surface area contributed by atoms with Gasteiger partial charge >= 0.3 is 0 Å². The maximum Gasteiger partial charge on any atom is 0.224 e.